The predicted molar refractivity (Wildman–Crippen MR) is 97.8 cm³/mol. The normalized spacial score (nSPS) is 21.6. The smallest absolute Gasteiger partial charge is 0.254 e. The Morgan fingerprint density at radius 2 is 2.04 bits per heavy atom. The van der Waals surface area contributed by atoms with Crippen LogP contribution in [0.5, 0.6) is 0 Å². The van der Waals surface area contributed by atoms with Crippen molar-refractivity contribution in [2.45, 2.75) is 25.4 Å². The predicted octanol–water partition coefficient (Wildman–Crippen LogP) is 3.50. The molecular weight excluding hydrogens is 314 g/mol. The summed E-state index contributed by atoms with van der Waals surface area (Å²) < 4.78 is 11.6. The Hall–Kier alpha value is -1.91. The van der Waals surface area contributed by atoms with Crippen molar-refractivity contribution < 1.29 is 14.3 Å². The van der Waals surface area contributed by atoms with E-state index in [1.165, 1.54) is 0 Å². The van der Waals surface area contributed by atoms with Gasteiger partial charge in [-0.3, -0.25) is 4.79 Å². The van der Waals surface area contributed by atoms with Crippen LogP contribution in [-0.4, -0.2) is 49.3 Å². The molecule has 0 aromatic heterocycles. The quantitative estimate of drug-likeness (QED) is 0.783. The van der Waals surface area contributed by atoms with Crippen molar-refractivity contribution in [3.05, 3.63) is 48.0 Å². The van der Waals surface area contributed by atoms with Gasteiger partial charge >= 0.3 is 0 Å². The Bertz CT molecular complexity index is 767. The summed E-state index contributed by atoms with van der Waals surface area (Å²) in [6.07, 6.45) is 2.09. The molecule has 4 nitrogen and oxygen atoms in total. The third kappa shape index (κ3) is 3.05. The highest BCUT2D eigenvalue weighted by Crippen LogP contribution is 2.42. The highest BCUT2D eigenvalue weighted by Gasteiger charge is 2.54. The van der Waals surface area contributed by atoms with E-state index in [1.807, 2.05) is 48.2 Å². The lowest BCUT2D eigenvalue weighted by Crippen LogP contribution is -2.66. The molecule has 132 valence electrons. The Morgan fingerprint density at radius 1 is 1.24 bits per heavy atom. The number of hydrogen-bond acceptors (Lipinski definition) is 3. The average molecular weight is 339 g/mol. The van der Waals surface area contributed by atoms with Gasteiger partial charge in [0.05, 0.1) is 13.1 Å². The number of ether oxygens (including phenoxy) is 2. The SMILES string of the molecule is CCOCCC1CCOC12CN(C(=O)c1ccc3ccccc3c1)C2. The van der Waals surface area contributed by atoms with E-state index >= 15 is 0 Å². The van der Waals surface area contributed by atoms with Crippen LogP contribution in [0.15, 0.2) is 42.5 Å². The van der Waals surface area contributed by atoms with E-state index in [1.54, 1.807) is 0 Å². The molecule has 4 rings (SSSR count). The Labute approximate surface area is 148 Å². The van der Waals surface area contributed by atoms with Crippen LogP contribution >= 0.6 is 0 Å². The van der Waals surface area contributed by atoms with Crippen LogP contribution < -0.4 is 0 Å². The molecule has 2 aliphatic rings. The zero-order chi connectivity index (χ0) is 17.3. The van der Waals surface area contributed by atoms with Gasteiger partial charge in [-0.15, -0.1) is 0 Å². The molecule has 0 bridgehead atoms. The van der Waals surface area contributed by atoms with Gasteiger partial charge < -0.3 is 14.4 Å². The summed E-state index contributed by atoms with van der Waals surface area (Å²) in [5, 5.41) is 2.27. The second-order valence-electron chi connectivity index (χ2n) is 7.11. The monoisotopic (exact) mass is 339 g/mol. The average Bonchev–Trinajstić information content (AvgIpc) is 3.03. The summed E-state index contributed by atoms with van der Waals surface area (Å²) in [5.41, 5.74) is 0.626. The van der Waals surface area contributed by atoms with Crippen LogP contribution in [0.25, 0.3) is 10.8 Å². The van der Waals surface area contributed by atoms with Crippen molar-refractivity contribution in [2.24, 2.45) is 5.92 Å². The molecule has 0 N–H and O–H groups in total. The number of benzene rings is 2. The molecule has 25 heavy (non-hydrogen) atoms. The molecule has 0 saturated carbocycles. The van der Waals surface area contributed by atoms with Crippen LogP contribution in [-0.2, 0) is 9.47 Å². The van der Waals surface area contributed by atoms with Gasteiger partial charge in [0.2, 0.25) is 0 Å². The zero-order valence-electron chi connectivity index (χ0n) is 14.7. The van der Waals surface area contributed by atoms with E-state index in [9.17, 15) is 4.79 Å². The van der Waals surface area contributed by atoms with E-state index in [4.69, 9.17) is 9.47 Å². The van der Waals surface area contributed by atoms with Crippen LogP contribution in [0.4, 0.5) is 0 Å². The molecule has 4 heteroatoms. The van der Waals surface area contributed by atoms with Gasteiger partial charge in [-0.25, -0.2) is 0 Å². The fraction of sp³-hybridized carbons (Fsp3) is 0.476. The number of carbonyl (C=O) groups is 1. The molecule has 2 saturated heterocycles. The lowest BCUT2D eigenvalue weighted by atomic mass is 9.79. The lowest BCUT2D eigenvalue weighted by Gasteiger charge is -2.50. The molecule has 2 fully saturated rings. The fourth-order valence-electron chi connectivity index (χ4n) is 4.16. The van der Waals surface area contributed by atoms with E-state index < -0.39 is 0 Å². The fourth-order valence-corrected chi connectivity index (χ4v) is 4.16. The third-order valence-electron chi connectivity index (χ3n) is 5.62. The van der Waals surface area contributed by atoms with Gasteiger partial charge in [-0.2, -0.15) is 0 Å². The summed E-state index contributed by atoms with van der Waals surface area (Å²) >= 11 is 0. The number of carbonyl (C=O) groups excluding carboxylic acids is 1. The van der Waals surface area contributed by atoms with Crippen LogP contribution in [0, 0.1) is 5.92 Å². The summed E-state index contributed by atoms with van der Waals surface area (Å²) in [5.74, 6) is 0.607. The van der Waals surface area contributed by atoms with E-state index in [-0.39, 0.29) is 11.5 Å². The molecular formula is C21H25NO3. The molecule has 1 atom stereocenters. The van der Waals surface area contributed by atoms with Gasteiger partial charge in [0.15, 0.2) is 0 Å². The zero-order valence-corrected chi connectivity index (χ0v) is 14.7. The van der Waals surface area contributed by atoms with Crippen molar-refractivity contribution in [3.63, 3.8) is 0 Å². The standard InChI is InChI=1S/C21H25NO3/c1-2-24-11-9-19-10-12-25-21(19)14-22(15-21)20(23)18-8-7-16-5-3-4-6-17(16)13-18/h3-8,13,19H,2,9-12,14-15H2,1H3. The summed E-state index contributed by atoms with van der Waals surface area (Å²) in [6, 6.07) is 14.1. The van der Waals surface area contributed by atoms with Crippen molar-refractivity contribution in [1.82, 2.24) is 4.90 Å². The lowest BCUT2D eigenvalue weighted by molar-refractivity contribution is -0.120. The first-order valence-electron chi connectivity index (χ1n) is 9.22. The first-order chi connectivity index (χ1) is 12.2. The van der Waals surface area contributed by atoms with Gasteiger partial charge in [-0.05, 0) is 48.6 Å². The van der Waals surface area contributed by atoms with Gasteiger partial charge in [0, 0.05) is 25.4 Å². The van der Waals surface area contributed by atoms with E-state index in [2.05, 4.69) is 6.07 Å². The largest absolute Gasteiger partial charge is 0.382 e. The van der Waals surface area contributed by atoms with Gasteiger partial charge in [0.25, 0.3) is 5.91 Å². The second kappa shape index (κ2) is 6.77. The van der Waals surface area contributed by atoms with Crippen LogP contribution in [0.1, 0.15) is 30.1 Å². The van der Waals surface area contributed by atoms with Crippen LogP contribution in [0.2, 0.25) is 0 Å². The van der Waals surface area contributed by atoms with E-state index in [0.717, 1.165) is 49.0 Å². The highest BCUT2D eigenvalue weighted by molar-refractivity contribution is 5.99. The maximum absolute atomic E-state index is 12.8. The molecule has 1 spiro atoms. The number of fused-ring (bicyclic) bond motifs is 1. The second-order valence-corrected chi connectivity index (χ2v) is 7.11. The van der Waals surface area contributed by atoms with Crippen LogP contribution in [0.3, 0.4) is 0 Å². The molecule has 1 amide bonds. The third-order valence-corrected chi connectivity index (χ3v) is 5.62. The maximum atomic E-state index is 12.8. The summed E-state index contributed by atoms with van der Waals surface area (Å²) in [6.45, 7) is 5.77. The molecule has 2 heterocycles. The van der Waals surface area contributed by atoms with Gasteiger partial charge in [0.1, 0.15) is 5.60 Å². The van der Waals surface area contributed by atoms with Crippen molar-refractivity contribution >= 4 is 16.7 Å². The number of hydrogen-bond donors (Lipinski definition) is 0. The molecule has 2 aromatic rings. The minimum atomic E-state index is -0.135. The molecule has 1 unspecified atom stereocenters. The Morgan fingerprint density at radius 3 is 2.84 bits per heavy atom. The minimum Gasteiger partial charge on any atom is -0.382 e. The first kappa shape index (κ1) is 16.6. The number of amides is 1. The number of rotatable bonds is 5. The number of nitrogens with zero attached hydrogens (tertiary/aromatic N) is 1. The Kier molecular flexibility index (Phi) is 4.48. The van der Waals surface area contributed by atoms with E-state index in [0.29, 0.717) is 19.0 Å². The topological polar surface area (TPSA) is 38.8 Å². The highest BCUT2D eigenvalue weighted by atomic mass is 16.5. The van der Waals surface area contributed by atoms with Crippen molar-refractivity contribution in [2.75, 3.05) is 32.9 Å². The minimum absolute atomic E-state index is 0.107. The Balaban J connectivity index is 1.42. The summed E-state index contributed by atoms with van der Waals surface area (Å²) in [7, 11) is 0. The molecule has 2 aromatic carbocycles. The van der Waals surface area contributed by atoms with Gasteiger partial charge in [-0.1, -0.05) is 30.3 Å². The van der Waals surface area contributed by atoms with Crippen molar-refractivity contribution in [1.29, 1.82) is 0 Å². The summed E-state index contributed by atoms with van der Waals surface area (Å²) in [4.78, 5) is 14.7. The van der Waals surface area contributed by atoms with Crippen molar-refractivity contribution in [3.8, 4) is 0 Å². The molecule has 2 aliphatic heterocycles. The molecule has 0 aliphatic carbocycles. The number of likely N-dealkylation sites (tertiary alicyclic amines) is 1. The first-order valence-corrected chi connectivity index (χ1v) is 9.22. The maximum Gasteiger partial charge on any atom is 0.254 e. The molecule has 0 radical (unpaired) electrons.